The van der Waals surface area contributed by atoms with E-state index in [1.165, 1.54) is 18.3 Å². The average molecular weight is 973 g/mol. The smallest absolute Gasteiger partial charge is 0.326 e. The average Bonchev–Trinajstić information content (AvgIpc) is 3.32. The fraction of sp³-hybridized carbons (Fsp3) is 0.605. The molecule has 10 atom stereocenters. The van der Waals surface area contributed by atoms with Crippen LogP contribution < -0.4 is 43.6 Å². The summed E-state index contributed by atoms with van der Waals surface area (Å²) in [5.41, 5.74) is 13.6. The maximum absolute atomic E-state index is 12.9. The highest BCUT2D eigenvalue weighted by Gasteiger charge is 2.48. The molecule has 379 valence electrons. The fourth-order valence-corrected chi connectivity index (χ4v) is 7.44. The zero-order valence-electron chi connectivity index (χ0n) is 37.8. The lowest BCUT2D eigenvalue weighted by molar-refractivity contribution is -0.339. The Hall–Kier alpha value is -5.97. The van der Waals surface area contributed by atoms with Gasteiger partial charge >= 0.3 is 5.97 Å². The van der Waals surface area contributed by atoms with Gasteiger partial charge in [-0.1, -0.05) is 12.8 Å². The summed E-state index contributed by atoms with van der Waals surface area (Å²) in [4.78, 5) is 89.1. The van der Waals surface area contributed by atoms with Gasteiger partial charge in [-0.05, 0) is 56.4 Å². The molecule has 4 amide bonds. The lowest BCUT2D eigenvalue weighted by Gasteiger charge is -2.44. The van der Waals surface area contributed by atoms with Gasteiger partial charge in [0.2, 0.25) is 23.7 Å². The summed E-state index contributed by atoms with van der Waals surface area (Å²) in [6.07, 6.45) is -8.55. The van der Waals surface area contributed by atoms with Crippen LogP contribution >= 0.6 is 0 Å². The molecule has 0 bridgehead atoms. The van der Waals surface area contributed by atoms with Crippen LogP contribution in [0.3, 0.4) is 0 Å². The lowest BCUT2D eigenvalue weighted by atomic mass is 9.97. The van der Waals surface area contributed by atoms with Crippen molar-refractivity contribution in [3.05, 3.63) is 52.1 Å². The standard InChI is InChI=1S/C43H62N11O15/c44-15-5-1-3-7-30(57)49-21-28-36(34(60)35(61)41(66)68-28)69-42-33(59)27(55)17-25(67-42)20-48-29(56)8-4-2-6-16-46-31(58)14-13-26(40(64)65)52-38(62)22-9-11-23(12-10-22)47-18-24-19-50-37-32(51-24)39(63)54-43(45)53-37/h9-12,19,25-28,33-36,41-42,44,47,55,59-61,66H,1-8,13-18,20-21H2,(H,46,58)(H,48,56)(H,49,57)(H,52,62)(H,64,65)(H3,45,50,53,54,63)/t25?,26?,27-,28?,33?,34+,35?,36-,41+,42-/m0/s1. The first-order chi connectivity index (χ1) is 33.0. The number of anilines is 2. The molecular weight excluding hydrogens is 911 g/mol. The number of H-pyrrole nitrogens is 1. The molecule has 5 rings (SSSR count). The Labute approximate surface area is 395 Å². The molecule has 26 nitrogen and oxygen atoms in total. The molecule has 2 fully saturated rings. The Morgan fingerprint density at radius 2 is 1.52 bits per heavy atom. The maximum Gasteiger partial charge on any atom is 0.326 e. The van der Waals surface area contributed by atoms with Crippen LogP contribution in [0.2, 0.25) is 0 Å². The van der Waals surface area contributed by atoms with Gasteiger partial charge in [-0.3, -0.25) is 34.7 Å². The summed E-state index contributed by atoms with van der Waals surface area (Å²) in [5, 5.41) is 75.7. The number of nitrogens with two attached hydrogens (primary N) is 1. The van der Waals surface area contributed by atoms with Crippen LogP contribution in [-0.2, 0) is 39.9 Å². The van der Waals surface area contributed by atoms with Crippen LogP contribution in [0.4, 0.5) is 11.6 Å². The minimum Gasteiger partial charge on any atom is -0.480 e. The Bertz CT molecular complexity index is 2240. The molecule has 26 heteroatoms. The summed E-state index contributed by atoms with van der Waals surface area (Å²) in [6, 6.07) is 4.84. The van der Waals surface area contributed by atoms with E-state index in [9.17, 15) is 59.4 Å². The van der Waals surface area contributed by atoms with Crippen molar-refractivity contribution < 1.29 is 68.8 Å². The number of unbranched alkanes of at least 4 members (excludes halogenated alkanes) is 4. The third-order valence-electron chi connectivity index (χ3n) is 11.3. The quantitative estimate of drug-likeness (QED) is 0.0364. The Morgan fingerprint density at radius 1 is 0.841 bits per heavy atom. The monoisotopic (exact) mass is 972 g/mol. The number of nitrogens with zero attached hydrogens (tertiary/aromatic N) is 3. The first kappa shape index (κ1) is 54.0. The predicted molar refractivity (Wildman–Crippen MR) is 241 cm³/mol. The third kappa shape index (κ3) is 16.6. The number of carbonyl (C=O) groups excluding carboxylic acids is 4. The highest BCUT2D eigenvalue weighted by Crippen LogP contribution is 2.28. The normalized spacial score (nSPS) is 23.9. The van der Waals surface area contributed by atoms with Crippen LogP contribution in [0.1, 0.15) is 86.7 Å². The molecule has 1 radical (unpaired) electrons. The second kappa shape index (κ2) is 26.7. The number of ether oxygens (including phenoxy) is 3. The fourth-order valence-electron chi connectivity index (χ4n) is 7.44. The molecular formula is C43H62N11O15. The second-order valence-corrected chi connectivity index (χ2v) is 16.7. The van der Waals surface area contributed by atoms with Crippen LogP contribution in [0.15, 0.2) is 35.3 Å². The molecule has 2 aliphatic rings. The number of nitrogen functional groups attached to an aromatic ring is 1. The van der Waals surface area contributed by atoms with E-state index in [2.05, 4.69) is 46.5 Å². The molecule has 2 saturated heterocycles. The van der Waals surface area contributed by atoms with E-state index in [1.807, 2.05) is 0 Å². The number of aliphatic hydroxyl groups is 5. The van der Waals surface area contributed by atoms with E-state index in [-0.39, 0.29) is 99.3 Å². The van der Waals surface area contributed by atoms with Crippen molar-refractivity contribution in [2.24, 2.45) is 0 Å². The molecule has 1 aromatic carbocycles. The van der Waals surface area contributed by atoms with Crippen molar-refractivity contribution in [2.45, 2.75) is 139 Å². The number of hydrogen-bond donors (Lipinski definition) is 13. The topological polar surface area (TPSA) is 416 Å². The van der Waals surface area contributed by atoms with E-state index >= 15 is 0 Å². The van der Waals surface area contributed by atoms with Gasteiger partial charge in [0.15, 0.2) is 23.7 Å². The molecule has 0 aliphatic carbocycles. The van der Waals surface area contributed by atoms with Crippen molar-refractivity contribution >= 4 is 52.4 Å². The number of fused-ring (bicyclic) bond motifs is 1. The number of amides is 4. The zero-order valence-corrected chi connectivity index (χ0v) is 37.8. The van der Waals surface area contributed by atoms with Crippen LogP contribution in [0.5, 0.6) is 0 Å². The second-order valence-electron chi connectivity index (χ2n) is 16.7. The number of carboxylic acids is 1. The minimum absolute atomic E-state index is 0.0283. The summed E-state index contributed by atoms with van der Waals surface area (Å²) >= 11 is 0. The van der Waals surface area contributed by atoms with Gasteiger partial charge in [-0.15, -0.1) is 0 Å². The molecule has 4 heterocycles. The number of hydrogen-bond acceptors (Lipinski definition) is 19. The van der Waals surface area contributed by atoms with Crippen molar-refractivity contribution in [1.29, 1.82) is 0 Å². The number of benzene rings is 1. The maximum atomic E-state index is 12.9. The van der Waals surface area contributed by atoms with Crippen molar-refractivity contribution in [3.63, 3.8) is 0 Å². The zero-order chi connectivity index (χ0) is 50.0. The number of rotatable bonds is 26. The summed E-state index contributed by atoms with van der Waals surface area (Å²) in [7, 11) is 0. The largest absolute Gasteiger partial charge is 0.480 e. The van der Waals surface area contributed by atoms with E-state index in [1.54, 1.807) is 12.1 Å². The van der Waals surface area contributed by atoms with Crippen molar-refractivity contribution in [3.8, 4) is 0 Å². The predicted octanol–water partition coefficient (Wildman–Crippen LogP) is -2.72. The van der Waals surface area contributed by atoms with Gasteiger partial charge in [0.1, 0.15) is 36.6 Å². The van der Waals surface area contributed by atoms with Crippen LogP contribution in [0.25, 0.3) is 11.2 Å². The summed E-state index contributed by atoms with van der Waals surface area (Å²) < 4.78 is 17.0. The molecule has 0 spiro atoms. The molecule has 3 aromatic rings. The first-order valence-electron chi connectivity index (χ1n) is 22.7. The third-order valence-corrected chi connectivity index (χ3v) is 11.3. The van der Waals surface area contributed by atoms with Gasteiger partial charge in [-0.25, -0.2) is 14.8 Å². The van der Waals surface area contributed by atoms with Gasteiger partial charge in [-0.2, -0.15) is 4.98 Å². The summed E-state index contributed by atoms with van der Waals surface area (Å²) in [5.74, 6) is -3.15. The molecule has 0 saturated carbocycles. The number of aliphatic carboxylic acids is 1. The Morgan fingerprint density at radius 3 is 2.22 bits per heavy atom. The SMILES string of the molecule is [NH]CCCCCC(=O)NCC1O[C@@H](O)C(O)[C@@H](O)[C@H]1O[C@@H]1OC(CNC(=O)CCCCCNC(=O)CCC(NC(=O)c2ccc(NCc3cnc4nc(N)[nH]c(=O)c4n3)cc2)C(=O)O)C[C@H](O)C1O. The van der Waals surface area contributed by atoms with Crippen LogP contribution in [0, 0.1) is 0 Å². The van der Waals surface area contributed by atoms with E-state index in [0.29, 0.717) is 49.9 Å². The number of aromatic amines is 1. The highest BCUT2D eigenvalue weighted by molar-refractivity contribution is 5.97. The number of carbonyl (C=O) groups is 5. The van der Waals surface area contributed by atoms with Crippen molar-refractivity contribution in [2.75, 3.05) is 37.2 Å². The molecule has 5 unspecified atom stereocenters. The number of carboxylic acid groups (broad SMARTS) is 1. The molecule has 15 N–H and O–H groups in total. The number of aromatic nitrogens is 4. The first-order valence-corrected chi connectivity index (χ1v) is 22.7. The van der Waals surface area contributed by atoms with Gasteiger partial charge in [0, 0.05) is 63.1 Å². The van der Waals surface area contributed by atoms with Gasteiger partial charge in [0.05, 0.1) is 30.6 Å². The number of nitrogens with one attached hydrogen (secondary N) is 7. The summed E-state index contributed by atoms with van der Waals surface area (Å²) in [6.45, 7) is 0.397. The van der Waals surface area contributed by atoms with E-state index in [4.69, 9.17) is 25.7 Å². The highest BCUT2D eigenvalue weighted by atomic mass is 16.7. The molecule has 69 heavy (non-hydrogen) atoms. The van der Waals surface area contributed by atoms with Crippen LogP contribution in [-0.4, -0.2) is 168 Å². The van der Waals surface area contributed by atoms with Gasteiger partial charge < -0.3 is 77.2 Å². The molecule has 2 aromatic heterocycles. The van der Waals surface area contributed by atoms with E-state index in [0.717, 1.165) is 0 Å². The molecule has 2 aliphatic heterocycles. The lowest BCUT2D eigenvalue weighted by Crippen LogP contribution is -2.63. The van der Waals surface area contributed by atoms with Crippen molar-refractivity contribution in [1.82, 2.24) is 46.9 Å². The minimum atomic E-state index is -1.80. The Kier molecular flexibility index (Phi) is 20.9. The van der Waals surface area contributed by atoms with E-state index < -0.39 is 84.7 Å². The Balaban J connectivity index is 0.956. The number of aliphatic hydroxyl groups excluding tert-OH is 5. The van der Waals surface area contributed by atoms with Gasteiger partial charge in [0.25, 0.3) is 11.5 Å².